The minimum absolute atomic E-state index is 0.222. The number of rotatable bonds is 7. The van der Waals surface area contributed by atoms with Crippen molar-refractivity contribution in [2.45, 2.75) is 19.3 Å². The van der Waals surface area contributed by atoms with Gasteiger partial charge in [-0.25, -0.2) is 0 Å². The molecule has 0 radical (unpaired) electrons. The van der Waals surface area contributed by atoms with E-state index in [0.717, 1.165) is 24.8 Å². The quantitative estimate of drug-likeness (QED) is 0.592. The zero-order valence-electron chi connectivity index (χ0n) is 9.41. The van der Waals surface area contributed by atoms with E-state index in [4.69, 9.17) is 26.2 Å². The molecule has 1 aromatic carbocycles. The van der Waals surface area contributed by atoms with Crippen LogP contribution in [0.1, 0.15) is 18.4 Å². The molecule has 0 atom stereocenters. The summed E-state index contributed by atoms with van der Waals surface area (Å²) in [7, 11) is 1.57. The van der Waals surface area contributed by atoms with Gasteiger partial charge in [0.25, 0.3) is 0 Å². The summed E-state index contributed by atoms with van der Waals surface area (Å²) in [6.07, 6.45) is 2.62. The number of hydrogen-bond donors (Lipinski definition) is 1. The van der Waals surface area contributed by atoms with Crippen LogP contribution in [0.25, 0.3) is 0 Å². The summed E-state index contributed by atoms with van der Waals surface area (Å²) in [5.74, 6) is 0.706. The maximum Gasteiger partial charge on any atom is 0.188 e. The van der Waals surface area contributed by atoms with Gasteiger partial charge in [-0.05, 0) is 37.0 Å². The molecular formula is C12H17ClO3. The Morgan fingerprint density at radius 3 is 2.75 bits per heavy atom. The van der Waals surface area contributed by atoms with Gasteiger partial charge < -0.3 is 14.6 Å². The fraction of sp³-hybridized carbons (Fsp3) is 0.500. The average Bonchev–Trinajstić information content (AvgIpc) is 2.29. The van der Waals surface area contributed by atoms with E-state index in [1.165, 1.54) is 0 Å². The first kappa shape index (κ1) is 13.3. The zero-order chi connectivity index (χ0) is 11.8. The fourth-order valence-electron chi connectivity index (χ4n) is 1.37. The van der Waals surface area contributed by atoms with Gasteiger partial charge in [0.15, 0.2) is 6.79 Å². The predicted octanol–water partition coefficient (Wildman–Crippen LogP) is 2.64. The van der Waals surface area contributed by atoms with Crippen molar-refractivity contribution in [3.8, 4) is 5.75 Å². The molecule has 0 saturated heterocycles. The molecule has 0 fully saturated rings. The molecule has 4 heteroatoms. The van der Waals surface area contributed by atoms with E-state index in [0.29, 0.717) is 10.8 Å². The monoisotopic (exact) mass is 244 g/mol. The second kappa shape index (κ2) is 7.49. The molecule has 90 valence electrons. The molecule has 0 bridgehead atoms. The molecule has 0 spiro atoms. The van der Waals surface area contributed by atoms with E-state index in [1.807, 2.05) is 12.1 Å². The van der Waals surface area contributed by atoms with E-state index < -0.39 is 0 Å². The Morgan fingerprint density at radius 2 is 2.12 bits per heavy atom. The Balaban J connectivity index is 2.53. The van der Waals surface area contributed by atoms with Gasteiger partial charge in [-0.2, -0.15) is 0 Å². The van der Waals surface area contributed by atoms with Crippen LogP contribution in [-0.2, 0) is 11.2 Å². The SMILES string of the molecule is COCOc1ccc(CCCCO)c(Cl)c1. The lowest BCUT2D eigenvalue weighted by atomic mass is 10.1. The van der Waals surface area contributed by atoms with Crippen LogP contribution in [0.2, 0.25) is 5.02 Å². The Bertz CT molecular complexity index is 315. The van der Waals surface area contributed by atoms with Gasteiger partial charge in [0.05, 0.1) is 0 Å². The third-order valence-electron chi connectivity index (χ3n) is 2.22. The van der Waals surface area contributed by atoms with Crippen LogP contribution in [-0.4, -0.2) is 25.6 Å². The van der Waals surface area contributed by atoms with Crippen molar-refractivity contribution in [3.05, 3.63) is 28.8 Å². The van der Waals surface area contributed by atoms with Crippen LogP contribution in [0, 0.1) is 0 Å². The molecule has 1 N–H and O–H groups in total. The second-order valence-electron chi connectivity index (χ2n) is 3.48. The number of hydrogen-bond acceptors (Lipinski definition) is 3. The number of aryl methyl sites for hydroxylation is 1. The highest BCUT2D eigenvalue weighted by molar-refractivity contribution is 6.31. The summed E-state index contributed by atoms with van der Waals surface area (Å²) >= 11 is 6.10. The van der Waals surface area contributed by atoms with E-state index in [9.17, 15) is 0 Å². The molecular weight excluding hydrogens is 228 g/mol. The second-order valence-corrected chi connectivity index (χ2v) is 3.89. The molecule has 0 aliphatic carbocycles. The van der Waals surface area contributed by atoms with Crippen LogP contribution < -0.4 is 4.74 Å². The Morgan fingerprint density at radius 1 is 1.31 bits per heavy atom. The van der Waals surface area contributed by atoms with Gasteiger partial charge in [-0.1, -0.05) is 17.7 Å². The van der Waals surface area contributed by atoms with Gasteiger partial charge in [-0.3, -0.25) is 0 Å². The standard InChI is InChI=1S/C12H17ClO3/c1-15-9-16-11-6-5-10(12(13)8-11)4-2-3-7-14/h5-6,8,14H,2-4,7,9H2,1H3. The summed E-state index contributed by atoms with van der Waals surface area (Å²) in [6.45, 7) is 0.451. The molecule has 1 aromatic rings. The molecule has 1 rings (SSSR count). The first-order valence-corrected chi connectivity index (χ1v) is 5.66. The summed E-state index contributed by atoms with van der Waals surface area (Å²) < 4.78 is 10.1. The maximum absolute atomic E-state index is 8.69. The number of aliphatic hydroxyl groups is 1. The average molecular weight is 245 g/mol. The number of aliphatic hydroxyl groups excluding tert-OH is 1. The lowest BCUT2D eigenvalue weighted by Gasteiger charge is -2.08. The fourth-order valence-corrected chi connectivity index (χ4v) is 1.64. The smallest absolute Gasteiger partial charge is 0.188 e. The Labute approximate surface area is 101 Å². The number of unbranched alkanes of at least 4 members (excludes halogenated alkanes) is 1. The third kappa shape index (κ3) is 4.39. The molecule has 16 heavy (non-hydrogen) atoms. The molecule has 0 aliphatic heterocycles. The van der Waals surface area contributed by atoms with E-state index in [-0.39, 0.29) is 13.4 Å². The van der Waals surface area contributed by atoms with Crippen molar-refractivity contribution < 1.29 is 14.6 Å². The largest absolute Gasteiger partial charge is 0.468 e. The molecule has 0 heterocycles. The number of ether oxygens (including phenoxy) is 2. The van der Waals surface area contributed by atoms with Gasteiger partial charge >= 0.3 is 0 Å². The summed E-state index contributed by atoms with van der Waals surface area (Å²) in [5, 5.41) is 9.39. The van der Waals surface area contributed by atoms with Crippen molar-refractivity contribution in [1.29, 1.82) is 0 Å². The van der Waals surface area contributed by atoms with Gasteiger partial charge in [0, 0.05) is 18.7 Å². The molecule has 0 aromatic heterocycles. The van der Waals surface area contributed by atoms with Crippen LogP contribution in [0.3, 0.4) is 0 Å². The van der Waals surface area contributed by atoms with E-state index in [2.05, 4.69) is 0 Å². The highest BCUT2D eigenvalue weighted by Crippen LogP contribution is 2.23. The van der Waals surface area contributed by atoms with E-state index >= 15 is 0 Å². The van der Waals surface area contributed by atoms with Crippen molar-refractivity contribution >= 4 is 11.6 Å². The van der Waals surface area contributed by atoms with Gasteiger partial charge in [-0.15, -0.1) is 0 Å². The van der Waals surface area contributed by atoms with Crippen molar-refractivity contribution in [1.82, 2.24) is 0 Å². The lowest BCUT2D eigenvalue weighted by Crippen LogP contribution is -1.99. The summed E-state index contributed by atoms with van der Waals surface area (Å²) in [4.78, 5) is 0. The van der Waals surface area contributed by atoms with Crippen molar-refractivity contribution in [2.75, 3.05) is 20.5 Å². The minimum atomic E-state index is 0.222. The summed E-state index contributed by atoms with van der Waals surface area (Å²) in [5.41, 5.74) is 1.08. The zero-order valence-corrected chi connectivity index (χ0v) is 10.2. The van der Waals surface area contributed by atoms with Crippen molar-refractivity contribution in [3.63, 3.8) is 0 Å². The molecule has 0 unspecified atom stereocenters. The molecule has 0 amide bonds. The van der Waals surface area contributed by atoms with Gasteiger partial charge in [0.2, 0.25) is 0 Å². The minimum Gasteiger partial charge on any atom is -0.468 e. The molecule has 0 aliphatic rings. The third-order valence-corrected chi connectivity index (χ3v) is 2.57. The Hall–Kier alpha value is -0.770. The molecule has 0 saturated carbocycles. The summed E-state index contributed by atoms with van der Waals surface area (Å²) in [6, 6.07) is 5.61. The first-order chi connectivity index (χ1) is 7.77. The number of methoxy groups -OCH3 is 1. The van der Waals surface area contributed by atoms with Crippen LogP contribution in [0.4, 0.5) is 0 Å². The number of benzene rings is 1. The molecule has 3 nitrogen and oxygen atoms in total. The van der Waals surface area contributed by atoms with E-state index in [1.54, 1.807) is 13.2 Å². The van der Waals surface area contributed by atoms with Crippen LogP contribution in [0.5, 0.6) is 5.75 Å². The topological polar surface area (TPSA) is 38.7 Å². The predicted molar refractivity (Wildman–Crippen MR) is 64.0 cm³/mol. The highest BCUT2D eigenvalue weighted by atomic mass is 35.5. The first-order valence-electron chi connectivity index (χ1n) is 5.29. The normalized spacial score (nSPS) is 10.4. The number of halogens is 1. The van der Waals surface area contributed by atoms with Crippen molar-refractivity contribution in [2.24, 2.45) is 0 Å². The Kier molecular flexibility index (Phi) is 6.23. The maximum atomic E-state index is 8.69. The van der Waals surface area contributed by atoms with Crippen LogP contribution in [0.15, 0.2) is 18.2 Å². The lowest BCUT2D eigenvalue weighted by molar-refractivity contribution is 0.0511. The van der Waals surface area contributed by atoms with Crippen LogP contribution >= 0.6 is 11.6 Å². The van der Waals surface area contributed by atoms with Gasteiger partial charge in [0.1, 0.15) is 5.75 Å². The highest BCUT2D eigenvalue weighted by Gasteiger charge is 2.02.